The van der Waals surface area contributed by atoms with Crippen LogP contribution in [0.2, 0.25) is 0 Å². The SMILES string of the molecule is CCC1CCCCN1c1cc(C)nc(NCCN(C)C)n1. The maximum atomic E-state index is 4.74. The van der Waals surface area contributed by atoms with E-state index in [2.05, 4.69) is 47.2 Å². The lowest BCUT2D eigenvalue weighted by molar-refractivity contribution is 0.424. The van der Waals surface area contributed by atoms with Crippen LogP contribution in [0, 0.1) is 6.92 Å². The van der Waals surface area contributed by atoms with E-state index in [1.165, 1.54) is 25.7 Å². The van der Waals surface area contributed by atoms with Crippen LogP contribution in [0.4, 0.5) is 11.8 Å². The minimum atomic E-state index is 0.627. The monoisotopic (exact) mass is 291 g/mol. The third-order valence-electron chi connectivity index (χ3n) is 4.08. The lowest BCUT2D eigenvalue weighted by atomic mass is 10.00. The summed E-state index contributed by atoms with van der Waals surface area (Å²) in [6.45, 7) is 7.29. The van der Waals surface area contributed by atoms with E-state index in [1.54, 1.807) is 0 Å². The molecule has 0 spiro atoms. The van der Waals surface area contributed by atoms with Crippen LogP contribution in [0.15, 0.2) is 6.07 Å². The standard InChI is InChI=1S/C16H29N5/c1-5-14-8-6-7-10-21(14)15-12-13(2)18-16(19-15)17-9-11-20(3)4/h12,14H,5-11H2,1-4H3,(H,17,18,19). The molecule has 1 saturated heterocycles. The summed E-state index contributed by atoms with van der Waals surface area (Å²) < 4.78 is 0. The molecule has 0 aromatic carbocycles. The Labute approximate surface area is 128 Å². The number of piperidine rings is 1. The zero-order valence-electron chi connectivity index (χ0n) is 13.9. The van der Waals surface area contributed by atoms with Crippen molar-refractivity contribution in [3.63, 3.8) is 0 Å². The van der Waals surface area contributed by atoms with Gasteiger partial charge in [-0.2, -0.15) is 4.98 Å². The Morgan fingerprint density at radius 1 is 1.33 bits per heavy atom. The van der Waals surface area contributed by atoms with Crippen LogP contribution in [-0.2, 0) is 0 Å². The molecule has 118 valence electrons. The van der Waals surface area contributed by atoms with Gasteiger partial charge in [-0.25, -0.2) is 4.98 Å². The molecule has 1 aliphatic rings. The molecule has 0 amide bonds. The van der Waals surface area contributed by atoms with Crippen LogP contribution in [0.3, 0.4) is 0 Å². The third kappa shape index (κ3) is 4.56. The van der Waals surface area contributed by atoms with Crippen LogP contribution in [0.1, 0.15) is 38.3 Å². The largest absolute Gasteiger partial charge is 0.353 e. The molecule has 1 atom stereocenters. The molecule has 21 heavy (non-hydrogen) atoms. The molecule has 1 fully saturated rings. The van der Waals surface area contributed by atoms with E-state index in [0.29, 0.717) is 6.04 Å². The number of rotatable bonds is 6. The Morgan fingerprint density at radius 2 is 2.14 bits per heavy atom. The molecular formula is C16H29N5. The zero-order valence-corrected chi connectivity index (χ0v) is 13.9. The van der Waals surface area contributed by atoms with Crippen molar-refractivity contribution in [1.82, 2.24) is 14.9 Å². The fourth-order valence-electron chi connectivity index (χ4n) is 2.90. The van der Waals surface area contributed by atoms with E-state index >= 15 is 0 Å². The maximum absolute atomic E-state index is 4.74. The number of aromatic nitrogens is 2. The molecule has 5 nitrogen and oxygen atoms in total. The fraction of sp³-hybridized carbons (Fsp3) is 0.750. The van der Waals surface area contributed by atoms with E-state index < -0.39 is 0 Å². The van der Waals surface area contributed by atoms with Crippen molar-refractivity contribution < 1.29 is 0 Å². The van der Waals surface area contributed by atoms with E-state index in [9.17, 15) is 0 Å². The molecule has 1 aliphatic heterocycles. The predicted molar refractivity (Wildman–Crippen MR) is 89.1 cm³/mol. The summed E-state index contributed by atoms with van der Waals surface area (Å²) in [5.74, 6) is 1.84. The Morgan fingerprint density at radius 3 is 2.86 bits per heavy atom. The Balaban J connectivity index is 2.10. The van der Waals surface area contributed by atoms with Gasteiger partial charge in [-0.1, -0.05) is 6.92 Å². The van der Waals surface area contributed by atoms with Gasteiger partial charge in [-0.05, 0) is 46.7 Å². The van der Waals surface area contributed by atoms with E-state index in [1.807, 2.05) is 6.92 Å². The maximum Gasteiger partial charge on any atom is 0.224 e. The van der Waals surface area contributed by atoms with Crippen molar-refractivity contribution in [3.05, 3.63) is 11.8 Å². The molecule has 1 aromatic rings. The van der Waals surface area contributed by atoms with Crippen LogP contribution >= 0.6 is 0 Å². The molecule has 1 N–H and O–H groups in total. The van der Waals surface area contributed by atoms with Crippen molar-refractivity contribution in [3.8, 4) is 0 Å². The number of anilines is 2. The van der Waals surface area contributed by atoms with Crippen molar-refractivity contribution in [2.24, 2.45) is 0 Å². The van der Waals surface area contributed by atoms with Crippen LogP contribution in [0.5, 0.6) is 0 Å². The summed E-state index contributed by atoms with van der Waals surface area (Å²) in [6.07, 6.45) is 5.07. The summed E-state index contributed by atoms with van der Waals surface area (Å²) in [4.78, 5) is 13.9. The Kier molecular flexibility index (Phi) is 5.79. The summed E-state index contributed by atoms with van der Waals surface area (Å²) in [5.41, 5.74) is 1.03. The predicted octanol–water partition coefficient (Wildman–Crippen LogP) is 2.53. The lowest BCUT2D eigenvalue weighted by Crippen LogP contribution is -2.39. The Hall–Kier alpha value is -1.36. The van der Waals surface area contributed by atoms with Crippen molar-refractivity contribution >= 4 is 11.8 Å². The molecule has 5 heteroatoms. The minimum absolute atomic E-state index is 0.627. The van der Waals surface area contributed by atoms with Crippen molar-refractivity contribution in [1.29, 1.82) is 0 Å². The van der Waals surface area contributed by atoms with E-state index in [-0.39, 0.29) is 0 Å². The first-order valence-corrected chi connectivity index (χ1v) is 8.11. The van der Waals surface area contributed by atoms with Gasteiger partial charge in [0.1, 0.15) is 5.82 Å². The van der Waals surface area contributed by atoms with E-state index in [4.69, 9.17) is 4.98 Å². The second-order valence-electron chi connectivity index (χ2n) is 6.17. The highest BCUT2D eigenvalue weighted by molar-refractivity contribution is 5.46. The normalized spacial score (nSPS) is 19.1. The van der Waals surface area contributed by atoms with Crippen LogP contribution < -0.4 is 10.2 Å². The summed E-state index contributed by atoms with van der Waals surface area (Å²) >= 11 is 0. The fourth-order valence-corrected chi connectivity index (χ4v) is 2.90. The molecule has 0 saturated carbocycles. The van der Waals surface area contributed by atoms with Gasteiger partial charge in [0, 0.05) is 37.4 Å². The van der Waals surface area contributed by atoms with Crippen molar-refractivity contribution in [2.75, 3.05) is 43.9 Å². The number of aryl methyl sites for hydroxylation is 1. The van der Waals surface area contributed by atoms with Gasteiger partial charge in [-0.3, -0.25) is 0 Å². The second-order valence-corrected chi connectivity index (χ2v) is 6.17. The first-order chi connectivity index (χ1) is 10.1. The quantitative estimate of drug-likeness (QED) is 0.872. The van der Waals surface area contributed by atoms with Gasteiger partial charge in [0.05, 0.1) is 0 Å². The molecule has 0 bridgehead atoms. The highest BCUT2D eigenvalue weighted by Gasteiger charge is 2.22. The molecular weight excluding hydrogens is 262 g/mol. The first kappa shape index (κ1) is 16.0. The van der Waals surface area contributed by atoms with Gasteiger partial charge in [0.25, 0.3) is 0 Å². The third-order valence-corrected chi connectivity index (χ3v) is 4.08. The highest BCUT2D eigenvalue weighted by atomic mass is 15.3. The molecule has 0 aliphatic carbocycles. The number of nitrogens with one attached hydrogen (secondary N) is 1. The number of likely N-dealkylation sites (N-methyl/N-ethyl adjacent to an activating group) is 1. The van der Waals surface area contributed by atoms with Gasteiger partial charge in [0.15, 0.2) is 0 Å². The molecule has 2 heterocycles. The average Bonchev–Trinajstić information content (AvgIpc) is 2.46. The lowest BCUT2D eigenvalue weighted by Gasteiger charge is -2.36. The Bertz CT molecular complexity index is 446. The minimum Gasteiger partial charge on any atom is -0.353 e. The van der Waals surface area contributed by atoms with Gasteiger partial charge in [-0.15, -0.1) is 0 Å². The molecule has 1 unspecified atom stereocenters. The van der Waals surface area contributed by atoms with Crippen molar-refractivity contribution in [2.45, 2.75) is 45.6 Å². The number of hydrogen-bond donors (Lipinski definition) is 1. The zero-order chi connectivity index (χ0) is 15.2. The summed E-state index contributed by atoms with van der Waals surface area (Å²) in [5, 5.41) is 3.34. The molecule has 1 aromatic heterocycles. The molecule has 0 radical (unpaired) electrons. The first-order valence-electron chi connectivity index (χ1n) is 8.11. The second kappa shape index (κ2) is 7.59. The van der Waals surface area contributed by atoms with Gasteiger partial charge in [0.2, 0.25) is 5.95 Å². The highest BCUT2D eigenvalue weighted by Crippen LogP contribution is 2.26. The van der Waals surface area contributed by atoms with Crippen LogP contribution in [-0.4, -0.2) is 54.6 Å². The van der Waals surface area contributed by atoms with Gasteiger partial charge < -0.3 is 15.1 Å². The molecule has 2 rings (SSSR count). The average molecular weight is 291 g/mol. The van der Waals surface area contributed by atoms with Crippen LogP contribution in [0.25, 0.3) is 0 Å². The smallest absolute Gasteiger partial charge is 0.224 e. The topological polar surface area (TPSA) is 44.3 Å². The van der Waals surface area contributed by atoms with Gasteiger partial charge >= 0.3 is 0 Å². The number of nitrogens with zero attached hydrogens (tertiary/aromatic N) is 4. The number of hydrogen-bond acceptors (Lipinski definition) is 5. The van der Waals surface area contributed by atoms with E-state index in [0.717, 1.165) is 37.1 Å². The summed E-state index contributed by atoms with van der Waals surface area (Å²) in [7, 11) is 4.15. The summed E-state index contributed by atoms with van der Waals surface area (Å²) in [6, 6.07) is 2.74.